The van der Waals surface area contributed by atoms with Crippen LogP contribution in [0.4, 0.5) is 0 Å². The van der Waals surface area contributed by atoms with Gasteiger partial charge in [0, 0.05) is 30.7 Å². The van der Waals surface area contributed by atoms with Gasteiger partial charge in [-0.25, -0.2) is 0 Å². The van der Waals surface area contributed by atoms with Gasteiger partial charge in [-0.15, -0.1) is 0 Å². The van der Waals surface area contributed by atoms with Crippen LogP contribution in [0.5, 0.6) is 0 Å². The van der Waals surface area contributed by atoms with E-state index >= 15 is 0 Å². The maximum atomic E-state index is 4.56. The molecule has 3 rings (SSSR count). The van der Waals surface area contributed by atoms with Crippen molar-refractivity contribution in [2.45, 2.75) is 31.8 Å². The van der Waals surface area contributed by atoms with Gasteiger partial charge in [-0.1, -0.05) is 24.6 Å². The Bertz CT molecular complexity index is 596. The molecule has 1 atom stereocenters. The lowest BCUT2D eigenvalue weighted by atomic mass is 10.0. The van der Waals surface area contributed by atoms with Crippen LogP contribution in [0.15, 0.2) is 36.5 Å². The fraction of sp³-hybridized carbons (Fsp3) is 0.500. The molecule has 0 unspecified atom stereocenters. The van der Waals surface area contributed by atoms with Crippen LogP contribution in [0.1, 0.15) is 24.8 Å². The van der Waals surface area contributed by atoms with Crippen LogP contribution in [0.3, 0.4) is 0 Å². The maximum Gasteiger partial charge on any atom is 0.0702 e. The number of hydrogen-bond acceptors (Lipinski definition) is 3. The molecule has 112 valence electrons. The Morgan fingerprint density at radius 2 is 2.14 bits per heavy atom. The Hall–Kier alpha value is -1.45. The van der Waals surface area contributed by atoms with Gasteiger partial charge < -0.3 is 9.80 Å². The third-order valence-electron chi connectivity index (χ3n) is 4.54. The predicted molar refractivity (Wildman–Crippen MR) is 88.3 cm³/mol. The zero-order valence-corrected chi connectivity index (χ0v) is 13.1. The second kappa shape index (κ2) is 6.54. The predicted octanol–water partition coefficient (Wildman–Crippen LogP) is 3.15. The number of aromatic nitrogens is 1. The van der Waals surface area contributed by atoms with E-state index in [0.717, 1.165) is 18.6 Å². The zero-order valence-electron chi connectivity index (χ0n) is 13.1. The van der Waals surface area contributed by atoms with Crippen molar-refractivity contribution in [2.75, 3.05) is 27.2 Å². The van der Waals surface area contributed by atoms with E-state index in [9.17, 15) is 0 Å². The number of hydrogen-bond donors (Lipinski definition) is 0. The smallest absolute Gasteiger partial charge is 0.0702 e. The second-order valence-electron chi connectivity index (χ2n) is 6.36. The van der Waals surface area contributed by atoms with Gasteiger partial charge in [-0.05, 0) is 51.2 Å². The molecule has 2 aromatic rings. The molecule has 1 aliphatic rings. The highest BCUT2D eigenvalue weighted by molar-refractivity contribution is 5.78. The number of para-hydroxylation sites is 1. The molecule has 0 spiro atoms. The third-order valence-corrected chi connectivity index (χ3v) is 4.54. The first-order chi connectivity index (χ1) is 10.2. The van der Waals surface area contributed by atoms with Gasteiger partial charge in [0.1, 0.15) is 0 Å². The van der Waals surface area contributed by atoms with Crippen molar-refractivity contribution < 1.29 is 0 Å². The van der Waals surface area contributed by atoms with Gasteiger partial charge >= 0.3 is 0 Å². The molecule has 1 fully saturated rings. The van der Waals surface area contributed by atoms with Crippen molar-refractivity contribution in [1.29, 1.82) is 0 Å². The standard InChI is InChI=1S/C18H25N3/c1-20(14-17-8-5-6-10-21(17)2)13-15-11-16-7-3-4-9-18(16)19-12-15/h3-4,7,9,11-12,17H,5-6,8,10,13-14H2,1-2H3/t17-/m1/s1. The SMILES string of the molecule is CN(Cc1cnc2ccccc2c1)C[C@H]1CCCCN1C. The molecule has 1 aromatic carbocycles. The molecule has 3 nitrogen and oxygen atoms in total. The van der Waals surface area contributed by atoms with Crippen LogP contribution in [0.2, 0.25) is 0 Å². The summed E-state index contributed by atoms with van der Waals surface area (Å²) in [6.07, 6.45) is 6.08. The minimum absolute atomic E-state index is 0.706. The molecule has 0 radical (unpaired) electrons. The monoisotopic (exact) mass is 283 g/mol. The summed E-state index contributed by atoms with van der Waals surface area (Å²) in [6.45, 7) is 3.36. The van der Waals surface area contributed by atoms with E-state index in [1.165, 1.54) is 36.8 Å². The van der Waals surface area contributed by atoms with E-state index in [0.29, 0.717) is 6.04 Å². The van der Waals surface area contributed by atoms with E-state index in [1.807, 2.05) is 12.3 Å². The molecule has 21 heavy (non-hydrogen) atoms. The molecule has 1 aromatic heterocycles. The Kier molecular flexibility index (Phi) is 4.51. The first-order valence-electron chi connectivity index (χ1n) is 7.95. The highest BCUT2D eigenvalue weighted by Gasteiger charge is 2.20. The number of nitrogens with zero attached hydrogens (tertiary/aromatic N) is 3. The molecule has 1 saturated heterocycles. The first kappa shape index (κ1) is 14.5. The van der Waals surface area contributed by atoms with E-state index < -0.39 is 0 Å². The number of rotatable bonds is 4. The Labute approximate surface area is 127 Å². The van der Waals surface area contributed by atoms with Gasteiger partial charge in [0.15, 0.2) is 0 Å². The Morgan fingerprint density at radius 3 is 3.00 bits per heavy atom. The van der Waals surface area contributed by atoms with Gasteiger partial charge in [0.25, 0.3) is 0 Å². The molecular formula is C18H25N3. The van der Waals surface area contributed by atoms with E-state index in [1.54, 1.807) is 0 Å². The summed E-state index contributed by atoms with van der Waals surface area (Å²) in [5.74, 6) is 0. The third kappa shape index (κ3) is 3.60. The van der Waals surface area contributed by atoms with Crippen LogP contribution in [0, 0.1) is 0 Å². The minimum Gasteiger partial charge on any atom is -0.302 e. The fourth-order valence-corrected chi connectivity index (χ4v) is 3.31. The summed E-state index contributed by atoms with van der Waals surface area (Å²) >= 11 is 0. The largest absolute Gasteiger partial charge is 0.302 e. The van der Waals surface area contributed by atoms with Gasteiger partial charge in [0.2, 0.25) is 0 Å². The molecule has 0 aliphatic carbocycles. The molecule has 2 heterocycles. The van der Waals surface area contributed by atoms with Crippen molar-refractivity contribution in [1.82, 2.24) is 14.8 Å². The van der Waals surface area contributed by atoms with E-state index in [4.69, 9.17) is 0 Å². The normalized spacial score (nSPS) is 20.2. The van der Waals surface area contributed by atoms with Crippen LogP contribution >= 0.6 is 0 Å². The summed E-state index contributed by atoms with van der Waals surface area (Å²) in [4.78, 5) is 9.50. The summed E-state index contributed by atoms with van der Waals surface area (Å²) < 4.78 is 0. The van der Waals surface area contributed by atoms with Crippen LogP contribution < -0.4 is 0 Å². The van der Waals surface area contributed by atoms with Gasteiger partial charge in [-0.2, -0.15) is 0 Å². The van der Waals surface area contributed by atoms with Gasteiger partial charge in [0.05, 0.1) is 5.52 Å². The molecule has 1 aliphatic heterocycles. The summed E-state index contributed by atoms with van der Waals surface area (Å²) in [5, 5.41) is 1.23. The van der Waals surface area contributed by atoms with Crippen molar-refractivity contribution in [3.05, 3.63) is 42.1 Å². The average molecular weight is 283 g/mol. The van der Waals surface area contributed by atoms with Crippen molar-refractivity contribution in [3.63, 3.8) is 0 Å². The zero-order chi connectivity index (χ0) is 14.7. The van der Waals surface area contributed by atoms with Crippen LogP contribution in [0.25, 0.3) is 10.9 Å². The number of piperidine rings is 1. The second-order valence-corrected chi connectivity index (χ2v) is 6.36. The quantitative estimate of drug-likeness (QED) is 0.859. The molecule has 0 saturated carbocycles. The van der Waals surface area contributed by atoms with Crippen molar-refractivity contribution in [3.8, 4) is 0 Å². The number of likely N-dealkylation sites (tertiary alicyclic amines) is 1. The molecule has 0 bridgehead atoms. The lowest BCUT2D eigenvalue weighted by Gasteiger charge is -2.35. The highest BCUT2D eigenvalue weighted by atomic mass is 15.2. The highest BCUT2D eigenvalue weighted by Crippen LogP contribution is 2.17. The van der Waals surface area contributed by atoms with Gasteiger partial charge in [-0.3, -0.25) is 4.98 Å². The summed E-state index contributed by atoms with van der Waals surface area (Å²) in [6, 6.07) is 11.3. The molecule has 3 heteroatoms. The van der Waals surface area contributed by atoms with Crippen LogP contribution in [-0.4, -0.2) is 48.0 Å². The summed E-state index contributed by atoms with van der Waals surface area (Å²) in [5.41, 5.74) is 2.38. The lowest BCUT2D eigenvalue weighted by molar-refractivity contribution is 0.138. The number of pyridine rings is 1. The average Bonchev–Trinajstić information content (AvgIpc) is 2.49. The molecular weight excluding hydrogens is 258 g/mol. The minimum atomic E-state index is 0.706. The van der Waals surface area contributed by atoms with E-state index in [-0.39, 0.29) is 0 Å². The number of benzene rings is 1. The number of fused-ring (bicyclic) bond motifs is 1. The first-order valence-corrected chi connectivity index (χ1v) is 7.95. The lowest BCUT2D eigenvalue weighted by Crippen LogP contribution is -2.43. The fourth-order valence-electron chi connectivity index (χ4n) is 3.31. The maximum absolute atomic E-state index is 4.56. The van der Waals surface area contributed by atoms with E-state index in [2.05, 4.69) is 53.1 Å². The van der Waals surface area contributed by atoms with Crippen molar-refractivity contribution >= 4 is 10.9 Å². The topological polar surface area (TPSA) is 19.4 Å². The number of likely N-dealkylation sites (N-methyl/N-ethyl adjacent to an activating group) is 2. The molecule has 0 amide bonds. The van der Waals surface area contributed by atoms with Crippen LogP contribution in [-0.2, 0) is 6.54 Å². The Balaban J connectivity index is 1.64. The van der Waals surface area contributed by atoms with Crippen molar-refractivity contribution in [2.24, 2.45) is 0 Å². The Morgan fingerprint density at radius 1 is 1.29 bits per heavy atom. The molecule has 0 N–H and O–H groups in total. The summed E-state index contributed by atoms with van der Waals surface area (Å²) in [7, 11) is 4.48.